The molecular weight excluding hydrogens is 532 g/mol. The van der Waals surface area contributed by atoms with Gasteiger partial charge in [-0.25, -0.2) is 0 Å². The second kappa shape index (κ2) is 7.03. The van der Waals surface area contributed by atoms with Crippen molar-refractivity contribution in [3.05, 3.63) is 140 Å². The third-order valence-corrected chi connectivity index (χ3v) is 8.37. The van der Waals surface area contributed by atoms with Crippen LogP contribution in [0.25, 0.3) is 33.4 Å². The molecule has 33 heavy (non-hydrogen) atoms. The van der Waals surface area contributed by atoms with E-state index in [0.717, 1.165) is 8.95 Å². The lowest BCUT2D eigenvalue weighted by atomic mass is 9.70. The molecule has 0 radical (unpaired) electrons. The van der Waals surface area contributed by atoms with E-state index in [1.54, 1.807) is 0 Å². The van der Waals surface area contributed by atoms with Gasteiger partial charge in [0.2, 0.25) is 0 Å². The van der Waals surface area contributed by atoms with Crippen molar-refractivity contribution in [2.75, 3.05) is 0 Å². The van der Waals surface area contributed by atoms with Crippen molar-refractivity contribution in [1.29, 1.82) is 0 Å². The maximum Gasteiger partial charge on any atom is 0.0726 e. The topological polar surface area (TPSA) is 0 Å². The maximum atomic E-state index is 3.95. The summed E-state index contributed by atoms with van der Waals surface area (Å²) >= 11 is 7.71. The lowest BCUT2D eigenvalue weighted by molar-refractivity contribution is 0.792. The van der Waals surface area contributed by atoms with E-state index in [0.29, 0.717) is 0 Å². The highest BCUT2D eigenvalue weighted by molar-refractivity contribution is 9.10. The molecule has 1 atom stereocenters. The Morgan fingerprint density at radius 3 is 1.73 bits per heavy atom. The summed E-state index contributed by atoms with van der Waals surface area (Å²) in [5.41, 5.74) is 12.8. The fraction of sp³-hybridized carbons (Fsp3) is 0.0323. The van der Waals surface area contributed by atoms with Gasteiger partial charge in [-0.2, -0.15) is 0 Å². The molecule has 5 aromatic carbocycles. The van der Waals surface area contributed by atoms with Crippen LogP contribution in [0, 0.1) is 0 Å². The summed E-state index contributed by atoms with van der Waals surface area (Å²) in [6.07, 6.45) is 0. The van der Waals surface area contributed by atoms with Gasteiger partial charge < -0.3 is 0 Å². The molecule has 0 saturated heterocycles. The highest BCUT2D eigenvalue weighted by atomic mass is 79.9. The molecule has 1 spiro atoms. The number of halogens is 2. The van der Waals surface area contributed by atoms with Crippen LogP contribution in [-0.4, -0.2) is 0 Å². The summed E-state index contributed by atoms with van der Waals surface area (Å²) in [5, 5.41) is 0. The maximum absolute atomic E-state index is 3.95. The smallest absolute Gasteiger partial charge is 0.0622 e. The summed E-state index contributed by atoms with van der Waals surface area (Å²) in [7, 11) is 0. The van der Waals surface area contributed by atoms with Crippen molar-refractivity contribution >= 4 is 31.9 Å². The normalized spacial score (nSPS) is 16.9. The Morgan fingerprint density at radius 1 is 0.424 bits per heavy atom. The number of fused-ring (bicyclic) bond motifs is 10. The molecule has 1 unspecified atom stereocenters. The zero-order valence-electron chi connectivity index (χ0n) is 17.6. The van der Waals surface area contributed by atoms with Crippen molar-refractivity contribution in [3.63, 3.8) is 0 Å². The van der Waals surface area contributed by atoms with Gasteiger partial charge in [-0.15, -0.1) is 0 Å². The predicted octanol–water partition coefficient (Wildman–Crippen LogP) is 9.22. The Labute approximate surface area is 210 Å². The van der Waals surface area contributed by atoms with Crippen LogP contribution in [-0.2, 0) is 5.41 Å². The van der Waals surface area contributed by atoms with Crippen molar-refractivity contribution in [2.45, 2.75) is 5.41 Å². The van der Waals surface area contributed by atoms with E-state index in [1.807, 2.05) is 0 Å². The molecule has 2 aliphatic carbocycles. The molecule has 0 N–H and O–H groups in total. The van der Waals surface area contributed by atoms with Gasteiger partial charge in [0.1, 0.15) is 0 Å². The van der Waals surface area contributed by atoms with Gasteiger partial charge in [0.25, 0.3) is 0 Å². The largest absolute Gasteiger partial charge is 0.0726 e. The van der Waals surface area contributed by atoms with Gasteiger partial charge in [-0.05, 0) is 79.9 Å². The predicted molar refractivity (Wildman–Crippen MR) is 144 cm³/mol. The number of rotatable bonds is 1. The SMILES string of the molecule is Brc1ccc2c(c1)C1(c3ccccc3-2)c2ccccc2-c2cc(-c3ccccc3)c(Br)cc21. The summed E-state index contributed by atoms with van der Waals surface area (Å²) in [6.45, 7) is 0. The minimum atomic E-state index is -0.320. The standard InChI is InChI=1S/C31H18Br2/c32-20-14-15-23-21-10-4-6-12-26(21)31(28(23)16-20)27-13-7-5-11-22(27)25-17-24(30(33)18-29(25)31)19-8-2-1-3-9-19/h1-18H. The summed E-state index contributed by atoms with van der Waals surface area (Å²) < 4.78 is 2.24. The Bertz CT molecular complexity index is 1580. The highest BCUT2D eigenvalue weighted by Gasteiger charge is 2.51. The van der Waals surface area contributed by atoms with Gasteiger partial charge >= 0.3 is 0 Å². The first-order valence-electron chi connectivity index (χ1n) is 11.1. The fourth-order valence-electron chi connectivity index (χ4n) is 5.97. The molecule has 156 valence electrons. The number of hydrogen-bond acceptors (Lipinski definition) is 0. The van der Waals surface area contributed by atoms with Crippen molar-refractivity contribution in [2.24, 2.45) is 0 Å². The number of hydrogen-bond donors (Lipinski definition) is 0. The van der Waals surface area contributed by atoms with Gasteiger partial charge in [0, 0.05) is 8.95 Å². The van der Waals surface area contributed by atoms with E-state index in [2.05, 4.69) is 141 Å². The Kier molecular flexibility index (Phi) is 4.16. The summed E-state index contributed by atoms with van der Waals surface area (Å²) in [6, 6.07) is 40.0. The lowest BCUT2D eigenvalue weighted by Gasteiger charge is -2.30. The molecule has 5 aromatic rings. The molecule has 7 rings (SSSR count). The van der Waals surface area contributed by atoms with Crippen LogP contribution >= 0.6 is 31.9 Å². The van der Waals surface area contributed by atoms with E-state index < -0.39 is 0 Å². The molecule has 0 heterocycles. The lowest BCUT2D eigenvalue weighted by Crippen LogP contribution is -2.25. The molecule has 0 aliphatic heterocycles. The third-order valence-electron chi connectivity index (χ3n) is 7.22. The average Bonchev–Trinajstić information content (AvgIpc) is 3.30. The van der Waals surface area contributed by atoms with E-state index in [1.165, 1.54) is 55.6 Å². The zero-order chi connectivity index (χ0) is 22.2. The van der Waals surface area contributed by atoms with Gasteiger partial charge in [-0.3, -0.25) is 0 Å². The van der Waals surface area contributed by atoms with Crippen molar-refractivity contribution in [1.82, 2.24) is 0 Å². The zero-order valence-corrected chi connectivity index (χ0v) is 20.8. The first-order chi connectivity index (χ1) is 16.2. The second-order valence-corrected chi connectivity index (χ2v) is 10.5. The molecule has 2 aliphatic rings. The molecule has 0 bridgehead atoms. The van der Waals surface area contributed by atoms with Crippen LogP contribution in [0.2, 0.25) is 0 Å². The molecule has 0 aromatic heterocycles. The van der Waals surface area contributed by atoms with E-state index in [4.69, 9.17) is 0 Å². The Morgan fingerprint density at radius 2 is 1.00 bits per heavy atom. The van der Waals surface area contributed by atoms with Crippen LogP contribution in [0.5, 0.6) is 0 Å². The second-order valence-electron chi connectivity index (χ2n) is 8.77. The molecule has 2 heteroatoms. The Hall–Kier alpha value is -2.94. The molecular formula is C31H18Br2. The van der Waals surface area contributed by atoms with Gasteiger partial charge in [0.05, 0.1) is 5.41 Å². The van der Waals surface area contributed by atoms with Crippen molar-refractivity contribution < 1.29 is 0 Å². The van der Waals surface area contributed by atoms with Crippen LogP contribution in [0.3, 0.4) is 0 Å². The van der Waals surface area contributed by atoms with Crippen LogP contribution in [0.15, 0.2) is 118 Å². The third kappa shape index (κ3) is 2.51. The fourth-order valence-corrected chi connectivity index (χ4v) is 6.90. The molecule has 0 nitrogen and oxygen atoms in total. The number of benzene rings is 5. The van der Waals surface area contributed by atoms with E-state index in [9.17, 15) is 0 Å². The monoisotopic (exact) mass is 548 g/mol. The van der Waals surface area contributed by atoms with Crippen molar-refractivity contribution in [3.8, 4) is 33.4 Å². The van der Waals surface area contributed by atoms with Gasteiger partial charge in [-0.1, -0.05) is 117 Å². The summed E-state index contributed by atoms with van der Waals surface area (Å²) in [5.74, 6) is 0. The Balaban J connectivity index is 1.64. The van der Waals surface area contributed by atoms with Crippen LogP contribution < -0.4 is 0 Å². The van der Waals surface area contributed by atoms with Crippen LogP contribution in [0.1, 0.15) is 22.3 Å². The average molecular weight is 550 g/mol. The van der Waals surface area contributed by atoms with Crippen LogP contribution in [0.4, 0.5) is 0 Å². The molecule has 0 saturated carbocycles. The highest BCUT2D eigenvalue weighted by Crippen LogP contribution is 2.63. The van der Waals surface area contributed by atoms with E-state index in [-0.39, 0.29) is 5.41 Å². The molecule has 0 amide bonds. The van der Waals surface area contributed by atoms with E-state index >= 15 is 0 Å². The first kappa shape index (κ1) is 19.5. The molecule has 0 fully saturated rings. The summed E-state index contributed by atoms with van der Waals surface area (Å²) in [4.78, 5) is 0. The minimum absolute atomic E-state index is 0.320. The minimum Gasteiger partial charge on any atom is -0.0622 e. The first-order valence-corrected chi connectivity index (χ1v) is 12.7. The van der Waals surface area contributed by atoms with Gasteiger partial charge in [0.15, 0.2) is 0 Å². The quantitative estimate of drug-likeness (QED) is 0.191.